The summed E-state index contributed by atoms with van der Waals surface area (Å²) in [6.07, 6.45) is 1.75. The third-order valence-electron chi connectivity index (χ3n) is 1.81. The lowest BCUT2D eigenvalue weighted by Crippen LogP contribution is -1.94. The quantitative estimate of drug-likeness (QED) is 0.634. The van der Waals surface area contributed by atoms with Gasteiger partial charge < -0.3 is 5.73 Å². The van der Waals surface area contributed by atoms with Crippen LogP contribution in [0.25, 0.3) is 11.0 Å². The Kier molecular flexibility index (Phi) is 1.43. The molecule has 0 aliphatic heterocycles. The van der Waals surface area contributed by atoms with Crippen LogP contribution in [-0.4, -0.2) is 9.97 Å². The van der Waals surface area contributed by atoms with E-state index in [0.717, 1.165) is 16.6 Å². The van der Waals surface area contributed by atoms with Gasteiger partial charge in [-0.1, -0.05) is 0 Å². The molecular formula is C9H9N3. The number of hydrogen-bond donors (Lipinski definition) is 1. The van der Waals surface area contributed by atoms with Crippen LogP contribution in [-0.2, 0) is 0 Å². The first-order chi connectivity index (χ1) is 5.77. The lowest BCUT2D eigenvalue weighted by Gasteiger charge is -2.00. The number of fused-ring (bicyclic) bond motifs is 1. The minimum absolute atomic E-state index is 0.579. The lowest BCUT2D eigenvalue weighted by atomic mass is 10.2. The maximum atomic E-state index is 5.65. The fourth-order valence-corrected chi connectivity index (χ4v) is 1.11. The highest BCUT2D eigenvalue weighted by Crippen LogP contribution is 2.14. The van der Waals surface area contributed by atoms with E-state index in [1.807, 2.05) is 25.1 Å². The first-order valence-electron chi connectivity index (χ1n) is 3.75. The fraction of sp³-hybridized carbons (Fsp3) is 0.111. The average molecular weight is 159 g/mol. The number of aryl methyl sites for hydroxylation is 1. The molecule has 0 aliphatic rings. The van der Waals surface area contributed by atoms with Crippen molar-refractivity contribution < 1.29 is 0 Å². The van der Waals surface area contributed by atoms with Crippen LogP contribution in [0.4, 0.5) is 5.82 Å². The Bertz CT molecular complexity index is 383. The third-order valence-corrected chi connectivity index (χ3v) is 1.81. The van der Waals surface area contributed by atoms with Gasteiger partial charge in [-0.15, -0.1) is 0 Å². The second-order valence-electron chi connectivity index (χ2n) is 2.73. The number of nitrogens with zero attached hydrogens (tertiary/aromatic N) is 2. The number of nitrogens with two attached hydrogens (primary N) is 1. The fourth-order valence-electron chi connectivity index (χ4n) is 1.11. The number of anilines is 1. The Hall–Kier alpha value is -1.64. The zero-order valence-electron chi connectivity index (χ0n) is 6.78. The van der Waals surface area contributed by atoms with Gasteiger partial charge in [0.1, 0.15) is 5.82 Å². The Labute approximate surface area is 70.3 Å². The molecule has 0 saturated heterocycles. The molecule has 0 unspecified atom stereocenters. The minimum atomic E-state index is 0.579. The molecule has 2 N–H and O–H groups in total. The van der Waals surface area contributed by atoms with Gasteiger partial charge in [0.25, 0.3) is 0 Å². The van der Waals surface area contributed by atoms with Gasteiger partial charge in [-0.2, -0.15) is 0 Å². The van der Waals surface area contributed by atoms with Crippen molar-refractivity contribution in [3.8, 4) is 0 Å². The van der Waals surface area contributed by atoms with Crippen LogP contribution in [0.2, 0.25) is 0 Å². The van der Waals surface area contributed by atoms with Crippen molar-refractivity contribution >= 4 is 16.9 Å². The van der Waals surface area contributed by atoms with E-state index < -0.39 is 0 Å². The van der Waals surface area contributed by atoms with Crippen molar-refractivity contribution in [3.63, 3.8) is 0 Å². The van der Waals surface area contributed by atoms with Crippen LogP contribution >= 0.6 is 0 Å². The predicted molar refractivity (Wildman–Crippen MR) is 48.7 cm³/mol. The summed E-state index contributed by atoms with van der Waals surface area (Å²) in [4.78, 5) is 8.36. The first-order valence-corrected chi connectivity index (χ1v) is 3.75. The summed E-state index contributed by atoms with van der Waals surface area (Å²) in [5.74, 6) is 0.579. The maximum Gasteiger partial charge on any atom is 0.127 e. The standard InChI is InChI=1S/C9H9N3/c1-6-5-8-7(12-9(6)10)3-2-4-11-8/h2-5H,1H3,(H2,10,12). The van der Waals surface area contributed by atoms with Crippen molar-refractivity contribution in [2.45, 2.75) is 6.92 Å². The highest BCUT2D eigenvalue weighted by atomic mass is 14.9. The third kappa shape index (κ3) is 0.993. The number of pyridine rings is 2. The van der Waals surface area contributed by atoms with Crippen LogP contribution in [0.5, 0.6) is 0 Å². The van der Waals surface area contributed by atoms with Gasteiger partial charge in [-0.3, -0.25) is 4.98 Å². The van der Waals surface area contributed by atoms with Crippen molar-refractivity contribution in [1.29, 1.82) is 0 Å². The number of aromatic nitrogens is 2. The van der Waals surface area contributed by atoms with Crippen molar-refractivity contribution in [1.82, 2.24) is 9.97 Å². The predicted octanol–water partition coefficient (Wildman–Crippen LogP) is 1.52. The van der Waals surface area contributed by atoms with Crippen molar-refractivity contribution in [3.05, 3.63) is 30.0 Å². The molecule has 2 aromatic rings. The molecule has 3 nitrogen and oxygen atoms in total. The summed E-state index contributed by atoms with van der Waals surface area (Å²) in [6, 6.07) is 5.69. The Morgan fingerprint density at radius 2 is 2.17 bits per heavy atom. The Morgan fingerprint density at radius 1 is 1.33 bits per heavy atom. The highest BCUT2D eigenvalue weighted by molar-refractivity contribution is 5.76. The average Bonchev–Trinajstić information content (AvgIpc) is 2.07. The van der Waals surface area contributed by atoms with Gasteiger partial charge in [0, 0.05) is 6.20 Å². The van der Waals surface area contributed by atoms with Gasteiger partial charge in [0.2, 0.25) is 0 Å². The zero-order chi connectivity index (χ0) is 8.55. The maximum absolute atomic E-state index is 5.65. The summed E-state index contributed by atoms with van der Waals surface area (Å²) in [7, 11) is 0. The first kappa shape index (κ1) is 7.03. The Morgan fingerprint density at radius 3 is 3.00 bits per heavy atom. The van der Waals surface area contributed by atoms with Gasteiger partial charge in [0.15, 0.2) is 0 Å². The van der Waals surface area contributed by atoms with Crippen LogP contribution in [0, 0.1) is 6.92 Å². The van der Waals surface area contributed by atoms with E-state index in [9.17, 15) is 0 Å². The van der Waals surface area contributed by atoms with Crippen LogP contribution < -0.4 is 5.73 Å². The van der Waals surface area contributed by atoms with E-state index in [1.165, 1.54) is 0 Å². The molecule has 2 rings (SSSR count). The zero-order valence-corrected chi connectivity index (χ0v) is 6.78. The van der Waals surface area contributed by atoms with Crippen LogP contribution in [0.3, 0.4) is 0 Å². The van der Waals surface area contributed by atoms with Crippen LogP contribution in [0.1, 0.15) is 5.56 Å². The molecule has 12 heavy (non-hydrogen) atoms. The molecule has 0 saturated carbocycles. The molecule has 0 aliphatic carbocycles. The van der Waals surface area contributed by atoms with Crippen molar-refractivity contribution in [2.24, 2.45) is 0 Å². The van der Waals surface area contributed by atoms with E-state index in [0.29, 0.717) is 5.82 Å². The van der Waals surface area contributed by atoms with Crippen LogP contribution in [0.15, 0.2) is 24.4 Å². The molecule has 2 aromatic heterocycles. The summed E-state index contributed by atoms with van der Waals surface area (Å²) >= 11 is 0. The molecule has 2 heterocycles. The lowest BCUT2D eigenvalue weighted by molar-refractivity contribution is 1.30. The molecule has 0 aromatic carbocycles. The normalized spacial score (nSPS) is 10.4. The summed E-state index contributed by atoms with van der Waals surface area (Å²) in [5, 5.41) is 0. The summed E-state index contributed by atoms with van der Waals surface area (Å²) < 4.78 is 0. The molecular weight excluding hydrogens is 150 g/mol. The molecule has 0 spiro atoms. The molecule has 0 radical (unpaired) electrons. The Balaban J connectivity index is 2.84. The smallest absolute Gasteiger partial charge is 0.127 e. The van der Waals surface area contributed by atoms with E-state index >= 15 is 0 Å². The summed E-state index contributed by atoms with van der Waals surface area (Å²) in [6.45, 7) is 1.93. The number of rotatable bonds is 0. The molecule has 0 bridgehead atoms. The molecule has 60 valence electrons. The van der Waals surface area contributed by atoms with Gasteiger partial charge >= 0.3 is 0 Å². The number of nitrogen functional groups attached to an aromatic ring is 1. The number of hydrogen-bond acceptors (Lipinski definition) is 3. The van der Waals surface area contributed by atoms with Gasteiger partial charge in [-0.25, -0.2) is 4.98 Å². The van der Waals surface area contributed by atoms with Gasteiger partial charge in [0.05, 0.1) is 11.0 Å². The van der Waals surface area contributed by atoms with E-state index in [-0.39, 0.29) is 0 Å². The monoisotopic (exact) mass is 159 g/mol. The molecule has 0 amide bonds. The molecule has 0 fully saturated rings. The van der Waals surface area contributed by atoms with E-state index in [4.69, 9.17) is 5.73 Å². The second kappa shape index (κ2) is 2.44. The largest absolute Gasteiger partial charge is 0.383 e. The topological polar surface area (TPSA) is 51.8 Å². The second-order valence-corrected chi connectivity index (χ2v) is 2.73. The van der Waals surface area contributed by atoms with E-state index in [2.05, 4.69) is 9.97 Å². The van der Waals surface area contributed by atoms with Crippen molar-refractivity contribution in [2.75, 3.05) is 5.73 Å². The SMILES string of the molecule is Cc1cc2ncccc2nc1N. The molecule has 0 atom stereocenters. The van der Waals surface area contributed by atoms with Gasteiger partial charge in [-0.05, 0) is 30.7 Å². The minimum Gasteiger partial charge on any atom is -0.383 e. The highest BCUT2D eigenvalue weighted by Gasteiger charge is 1.98. The summed E-state index contributed by atoms with van der Waals surface area (Å²) in [5.41, 5.74) is 8.36. The van der Waals surface area contributed by atoms with E-state index in [1.54, 1.807) is 6.20 Å². The molecule has 3 heteroatoms.